The minimum Gasteiger partial charge on any atom is -0.317 e. The van der Waals surface area contributed by atoms with Gasteiger partial charge in [0.15, 0.2) is 0 Å². The Morgan fingerprint density at radius 1 is 1.36 bits per heavy atom. The third-order valence-corrected chi connectivity index (χ3v) is 2.47. The number of nitrogens with one attached hydrogen (secondary N) is 1. The van der Waals surface area contributed by atoms with Crippen LogP contribution >= 0.6 is 24.8 Å². The fourth-order valence-electron chi connectivity index (χ4n) is 1.80. The van der Waals surface area contributed by atoms with Crippen LogP contribution in [0, 0.1) is 5.92 Å². The van der Waals surface area contributed by atoms with Gasteiger partial charge >= 0.3 is 0 Å². The standard InChI is InChI=1S/C10H20N2.2ClH/c1-3-8-12(2)9-10-4-6-11-7-5-10;;/h3,10-11H,1,4-9H2,2H3;2*1H. The van der Waals surface area contributed by atoms with Gasteiger partial charge in [-0.3, -0.25) is 0 Å². The van der Waals surface area contributed by atoms with E-state index in [0.29, 0.717) is 0 Å². The molecule has 0 aliphatic carbocycles. The lowest BCUT2D eigenvalue weighted by Gasteiger charge is -2.26. The van der Waals surface area contributed by atoms with E-state index >= 15 is 0 Å². The largest absolute Gasteiger partial charge is 0.317 e. The van der Waals surface area contributed by atoms with E-state index in [1.54, 1.807) is 0 Å². The van der Waals surface area contributed by atoms with Crippen LogP contribution in [-0.4, -0.2) is 38.1 Å². The molecular weight excluding hydrogens is 219 g/mol. The summed E-state index contributed by atoms with van der Waals surface area (Å²) in [5.74, 6) is 0.899. The highest BCUT2D eigenvalue weighted by Gasteiger charge is 2.13. The van der Waals surface area contributed by atoms with E-state index in [2.05, 4.69) is 23.8 Å². The van der Waals surface area contributed by atoms with Crippen molar-refractivity contribution >= 4 is 24.8 Å². The summed E-state index contributed by atoms with van der Waals surface area (Å²) in [6.07, 6.45) is 4.64. The molecule has 0 amide bonds. The average molecular weight is 241 g/mol. The van der Waals surface area contributed by atoms with Gasteiger partial charge in [0.05, 0.1) is 0 Å². The normalized spacial score (nSPS) is 17.0. The first kappa shape index (κ1) is 16.7. The lowest BCUT2D eigenvalue weighted by atomic mass is 9.98. The number of halogens is 2. The van der Waals surface area contributed by atoms with E-state index in [0.717, 1.165) is 12.5 Å². The summed E-state index contributed by atoms with van der Waals surface area (Å²) in [6.45, 7) is 8.39. The van der Waals surface area contributed by atoms with E-state index in [1.807, 2.05) is 6.08 Å². The monoisotopic (exact) mass is 240 g/mol. The van der Waals surface area contributed by atoms with Gasteiger partial charge in [0.2, 0.25) is 0 Å². The molecule has 86 valence electrons. The minimum atomic E-state index is 0. The quantitative estimate of drug-likeness (QED) is 0.757. The topological polar surface area (TPSA) is 15.3 Å². The molecule has 0 unspecified atom stereocenters. The predicted molar refractivity (Wildman–Crippen MR) is 67.8 cm³/mol. The second-order valence-electron chi connectivity index (χ2n) is 3.70. The summed E-state index contributed by atoms with van der Waals surface area (Å²) in [7, 11) is 2.17. The van der Waals surface area contributed by atoms with Crippen molar-refractivity contribution in [3.8, 4) is 0 Å². The second-order valence-corrected chi connectivity index (χ2v) is 3.70. The molecule has 0 aromatic carbocycles. The highest BCUT2D eigenvalue weighted by atomic mass is 35.5. The maximum Gasteiger partial charge on any atom is 0.0157 e. The first-order valence-electron chi connectivity index (χ1n) is 4.83. The Hall–Kier alpha value is 0.240. The summed E-state index contributed by atoms with van der Waals surface area (Å²) < 4.78 is 0. The Balaban J connectivity index is 0. The molecule has 0 aromatic rings. The van der Waals surface area contributed by atoms with Crippen LogP contribution < -0.4 is 5.32 Å². The summed E-state index contributed by atoms with van der Waals surface area (Å²) in [5, 5.41) is 3.38. The number of piperidine rings is 1. The lowest BCUT2D eigenvalue weighted by molar-refractivity contribution is 0.256. The third-order valence-electron chi connectivity index (χ3n) is 2.47. The molecule has 1 rings (SSSR count). The molecule has 1 aliphatic rings. The maximum atomic E-state index is 3.74. The molecule has 2 nitrogen and oxygen atoms in total. The van der Waals surface area contributed by atoms with Crippen LogP contribution in [0.4, 0.5) is 0 Å². The van der Waals surface area contributed by atoms with Crippen molar-refractivity contribution in [3.05, 3.63) is 12.7 Å². The second kappa shape index (κ2) is 9.78. The van der Waals surface area contributed by atoms with Crippen molar-refractivity contribution in [2.45, 2.75) is 12.8 Å². The molecule has 0 aromatic heterocycles. The molecule has 14 heavy (non-hydrogen) atoms. The molecule has 0 spiro atoms. The molecule has 1 aliphatic heterocycles. The highest BCUT2D eigenvalue weighted by molar-refractivity contribution is 5.85. The summed E-state index contributed by atoms with van der Waals surface area (Å²) in [4.78, 5) is 2.35. The first-order chi connectivity index (χ1) is 5.83. The van der Waals surface area contributed by atoms with Crippen molar-refractivity contribution in [1.29, 1.82) is 0 Å². The first-order valence-corrected chi connectivity index (χ1v) is 4.83. The number of likely N-dealkylation sites (N-methyl/N-ethyl adjacent to an activating group) is 1. The van der Waals surface area contributed by atoms with Crippen LogP contribution in [0.3, 0.4) is 0 Å². The molecule has 4 heteroatoms. The van der Waals surface area contributed by atoms with Crippen molar-refractivity contribution in [2.24, 2.45) is 5.92 Å². The van der Waals surface area contributed by atoms with Crippen LogP contribution in [0.1, 0.15) is 12.8 Å². The average Bonchev–Trinajstić information content (AvgIpc) is 2.06. The van der Waals surface area contributed by atoms with Gasteiger partial charge in [-0.05, 0) is 38.9 Å². The van der Waals surface area contributed by atoms with E-state index in [9.17, 15) is 0 Å². The summed E-state index contributed by atoms with van der Waals surface area (Å²) in [6, 6.07) is 0. The summed E-state index contributed by atoms with van der Waals surface area (Å²) in [5.41, 5.74) is 0. The maximum absolute atomic E-state index is 3.74. The predicted octanol–water partition coefficient (Wildman–Crippen LogP) is 1.95. The SMILES string of the molecule is C=CCN(C)CC1CCNCC1.Cl.Cl. The Morgan fingerprint density at radius 3 is 2.43 bits per heavy atom. The third kappa shape index (κ3) is 6.66. The van der Waals surface area contributed by atoms with E-state index in [1.165, 1.54) is 32.5 Å². The van der Waals surface area contributed by atoms with Gasteiger partial charge in [0.25, 0.3) is 0 Å². The van der Waals surface area contributed by atoms with Crippen LogP contribution in [0.15, 0.2) is 12.7 Å². The Kier molecular flexibility index (Phi) is 11.6. The van der Waals surface area contributed by atoms with Gasteiger partial charge in [0, 0.05) is 13.1 Å². The Bertz CT molecular complexity index is 136. The smallest absolute Gasteiger partial charge is 0.0157 e. The molecular formula is C10H22Cl2N2. The number of rotatable bonds is 4. The fraction of sp³-hybridized carbons (Fsp3) is 0.800. The van der Waals surface area contributed by atoms with Gasteiger partial charge in [-0.1, -0.05) is 6.08 Å². The van der Waals surface area contributed by atoms with E-state index < -0.39 is 0 Å². The van der Waals surface area contributed by atoms with Crippen molar-refractivity contribution in [2.75, 3.05) is 33.2 Å². The zero-order valence-corrected chi connectivity index (χ0v) is 10.5. The van der Waals surface area contributed by atoms with Crippen molar-refractivity contribution in [1.82, 2.24) is 10.2 Å². The molecule has 0 bridgehead atoms. The Morgan fingerprint density at radius 2 is 1.93 bits per heavy atom. The highest BCUT2D eigenvalue weighted by Crippen LogP contribution is 2.12. The summed E-state index contributed by atoms with van der Waals surface area (Å²) >= 11 is 0. The molecule has 0 atom stereocenters. The molecule has 0 saturated carbocycles. The number of hydrogen-bond donors (Lipinski definition) is 1. The minimum absolute atomic E-state index is 0. The van der Waals surface area contributed by atoms with Crippen LogP contribution in [0.5, 0.6) is 0 Å². The van der Waals surface area contributed by atoms with Crippen molar-refractivity contribution < 1.29 is 0 Å². The fourth-order valence-corrected chi connectivity index (χ4v) is 1.80. The molecule has 0 radical (unpaired) electrons. The van der Waals surface area contributed by atoms with Crippen LogP contribution in [0.25, 0.3) is 0 Å². The van der Waals surface area contributed by atoms with Gasteiger partial charge in [-0.15, -0.1) is 31.4 Å². The van der Waals surface area contributed by atoms with E-state index in [4.69, 9.17) is 0 Å². The van der Waals surface area contributed by atoms with Gasteiger partial charge in [0.1, 0.15) is 0 Å². The van der Waals surface area contributed by atoms with Gasteiger partial charge in [-0.25, -0.2) is 0 Å². The van der Waals surface area contributed by atoms with Crippen LogP contribution in [-0.2, 0) is 0 Å². The van der Waals surface area contributed by atoms with E-state index in [-0.39, 0.29) is 24.8 Å². The zero-order chi connectivity index (χ0) is 8.81. The molecule has 1 fully saturated rings. The van der Waals surface area contributed by atoms with Gasteiger partial charge in [-0.2, -0.15) is 0 Å². The lowest BCUT2D eigenvalue weighted by Crippen LogP contribution is -2.34. The molecule has 1 N–H and O–H groups in total. The van der Waals surface area contributed by atoms with Crippen molar-refractivity contribution in [3.63, 3.8) is 0 Å². The molecule has 1 heterocycles. The van der Waals surface area contributed by atoms with Crippen LogP contribution in [0.2, 0.25) is 0 Å². The molecule has 1 saturated heterocycles. The van der Waals surface area contributed by atoms with Gasteiger partial charge < -0.3 is 10.2 Å². The number of nitrogens with zero attached hydrogens (tertiary/aromatic N) is 1. The Labute approximate surface area is 99.9 Å². The zero-order valence-electron chi connectivity index (χ0n) is 8.87. The number of hydrogen-bond acceptors (Lipinski definition) is 2.